The van der Waals surface area contributed by atoms with Crippen molar-refractivity contribution in [2.45, 2.75) is 13.8 Å². The van der Waals surface area contributed by atoms with Crippen LogP contribution in [-0.2, 0) is 0 Å². The zero-order valence-corrected chi connectivity index (χ0v) is 17.7. The van der Waals surface area contributed by atoms with Gasteiger partial charge in [-0.15, -0.1) is 0 Å². The van der Waals surface area contributed by atoms with Crippen LogP contribution < -0.4 is 10.6 Å². The number of aromatic nitrogens is 3. The van der Waals surface area contributed by atoms with Crippen molar-refractivity contribution in [3.63, 3.8) is 0 Å². The molecule has 162 valence electrons. The lowest BCUT2D eigenvalue weighted by atomic mass is 10.1. The van der Waals surface area contributed by atoms with Crippen LogP contribution in [0.15, 0.2) is 30.6 Å². The Kier molecular flexibility index (Phi) is 5.69. The summed E-state index contributed by atoms with van der Waals surface area (Å²) in [5.41, 5.74) is 2.52. The van der Waals surface area contributed by atoms with Crippen LogP contribution in [0.3, 0.4) is 0 Å². The third-order valence-corrected chi connectivity index (χ3v) is 5.56. The van der Waals surface area contributed by atoms with E-state index in [0.29, 0.717) is 46.4 Å². The highest BCUT2D eigenvalue weighted by atomic mass is 19.2. The molecule has 1 amide bonds. The molecule has 7 nitrogen and oxygen atoms in total. The monoisotopic (exact) mass is 426 g/mol. The molecule has 0 bridgehead atoms. The first-order valence-corrected chi connectivity index (χ1v) is 10.2. The number of halogens is 2. The molecular formula is C22H24F2N6O. The van der Waals surface area contributed by atoms with E-state index in [-0.39, 0.29) is 11.4 Å². The zero-order valence-electron chi connectivity index (χ0n) is 17.7. The van der Waals surface area contributed by atoms with Gasteiger partial charge in [-0.05, 0) is 19.2 Å². The van der Waals surface area contributed by atoms with Gasteiger partial charge in [-0.3, -0.25) is 14.2 Å². The second-order valence-corrected chi connectivity index (χ2v) is 7.20. The summed E-state index contributed by atoms with van der Waals surface area (Å²) in [5.74, 6) is -2.27. The summed E-state index contributed by atoms with van der Waals surface area (Å²) >= 11 is 0. The SMILES string of the molecule is CCN(CC)CCNC(=O)c1c(NC)c2cnccc2n2c1nc1cc(F)c(F)cc12. The highest BCUT2D eigenvalue weighted by Crippen LogP contribution is 2.33. The van der Waals surface area contributed by atoms with Crippen molar-refractivity contribution in [2.24, 2.45) is 0 Å². The van der Waals surface area contributed by atoms with Gasteiger partial charge in [0.25, 0.3) is 5.91 Å². The summed E-state index contributed by atoms with van der Waals surface area (Å²) < 4.78 is 29.6. The Morgan fingerprint density at radius 2 is 1.90 bits per heavy atom. The predicted molar refractivity (Wildman–Crippen MR) is 118 cm³/mol. The van der Waals surface area contributed by atoms with Crippen LogP contribution in [0.4, 0.5) is 14.5 Å². The molecule has 9 heteroatoms. The molecule has 0 saturated carbocycles. The number of likely N-dealkylation sites (N-methyl/N-ethyl adjacent to an activating group) is 1. The Bertz CT molecular complexity index is 1280. The third kappa shape index (κ3) is 3.54. The molecule has 0 spiro atoms. The Morgan fingerprint density at radius 1 is 1.16 bits per heavy atom. The van der Waals surface area contributed by atoms with Gasteiger partial charge >= 0.3 is 0 Å². The largest absolute Gasteiger partial charge is 0.387 e. The lowest BCUT2D eigenvalue weighted by molar-refractivity contribution is 0.0951. The highest BCUT2D eigenvalue weighted by molar-refractivity contribution is 6.13. The summed E-state index contributed by atoms with van der Waals surface area (Å²) in [6, 6.07) is 3.91. The highest BCUT2D eigenvalue weighted by Gasteiger charge is 2.23. The Morgan fingerprint density at radius 3 is 2.61 bits per heavy atom. The van der Waals surface area contributed by atoms with Gasteiger partial charge in [0.05, 0.1) is 22.2 Å². The van der Waals surface area contributed by atoms with E-state index in [1.807, 2.05) is 0 Å². The number of carbonyl (C=O) groups is 1. The normalized spacial score (nSPS) is 11.7. The molecule has 3 aromatic heterocycles. The molecule has 3 heterocycles. The number of carbonyl (C=O) groups excluding carboxylic acids is 1. The maximum absolute atomic E-state index is 14.0. The molecule has 0 aliphatic heterocycles. The Balaban J connectivity index is 1.93. The quantitative estimate of drug-likeness (QED) is 0.474. The number of amides is 1. The predicted octanol–water partition coefficient (Wildman–Crippen LogP) is 3.43. The van der Waals surface area contributed by atoms with E-state index in [4.69, 9.17) is 0 Å². The fourth-order valence-electron chi connectivity index (χ4n) is 3.94. The van der Waals surface area contributed by atoms with Crippen molar-refractivity contribution in [1.29, 1.82) is 0 Å². The van der Waals surface area contributed by atoms with E-state index < -0.39 is 11.6 Å². The maximum Gasteiger partial charge on any atom is 0.257 e. The summed E-state index contributed by atoms with van der Waals surface area (Å²) in [6.45, 7) is 7.10. The first kappa shape index (κ1) is 20.9. The van der Waals surface area contributed by atoms with Gasteiger partial charge in [-0.1, -0.05) is 13.8 Å². The fourth-order valence-corrected chi connectivity index (χ4v) is 3.94. The number of anilines is 1. The van der Waals surface area contributed by atoms with Gasteiger partial charge in [-0.2, -0.15) is 0 Å². The summed E-state index contributed by atoms with van der Waals surface area (Å²) in [7, 11) is 1.72. The molecule has 4 rings (SSSR count). The smallest absolute Gasteiger partial charge is 0.257 e. The minimum atomic E-state index is -0.985. The minimum Gasteiger partial charge on any atom is -0.387 e. The van der Waals surface area contributed by atoms with Crippen LogP contribution in [0.1, 0.15) is 24.2 Å². The van der Waals surface area contributed by atoms with E-state index in [1.165, 1.54) is 0 Å². The van der Waals surface area contributed by atoms with Gasteiger partial charge < -0.3 is 15.5 Å². The number of benzene rings is 1. The fraction of sp³-hybridized carbons (Fsp3) is 0.318. The molecule has 0 aliphatic carbocycles. The van der Waals surface area contributed by atoms with Gasteiger partial charge in [0.2, 0.25) is 0 Å². The second-order valence-electron chi connectivity index (χ2n) is 7.20. The number of nitrogens with one attached hydrogen (secondary N) is 2. The molecule has 0 fully saturated rings. The average molecular weight is 426 g/mol. The van der Waals surface area contributed by atoms with Gasteiger partial charge in [-0.25, -0.2) is 13.8 Å². The van der Waals surface area contributed by atoms with Crippen molar-refractivity contribution in [1.82, 2.24) is 24.6 Å². The van der Waals surface area contributed by atoms with Crippen molar-refractivity contribution >= 4 is 39.2 Å². The van der Waals surface area contributed by atoms with Crippen LogP contribution >= 0.6 is 0 Å². The van der Waals surface area contributed by atoms with E-state index in [1.54, 1.807) is 29.9 Å². The summed E-state index contributed by atoms with van der Waals surface area (Å²) in [4.78, 5) is 24.1. The first-order chi connectivity index (χ1) is 15.0. The molecule has 0 atom stereocenters. The van der Waals surface area contributed by atoms with E-state index in [9.17, 15) is 13.6 Å². The lowest BCUT2D eigenvalue weighted by Gasteiger charge is -2.19. The molecule has 0 radical (unpaired) electrons. The number of fused-ring (bicyclic) bond motifs is 5. The minimum absolute atomic E-state index is 0.266. The summed E-state index contributed by atoms with van der Waals surface area (Å²) in [5, 5.41) is 6.72. The molecular weight excluding hydrogens is 402 g/mol. The molecule has 0 aliphatic rings. The molecule has 2 N–H and O–H groups in total. The number of hydrogen-bond donors (Lipinski definition) is 2. The molecule has 31 heavy (non-hydrogen) atoms. The van der Waals surface area contributed by atoms with Crippen LogP contribution in [0, 0.1) is 11.6 Å². The van der Waals surface area contributed by atoms with Crippen molar-refractivity contribution < 1.29 is 13.6 Å². The van der Waals surface area contributed by atoms with Crippen molar-refractivity contribution in [3.05, 3.63) is 47.8 Å². The Hall–Kier alpha value is -3.33. The van der Waals surface area contributed by atoms with Crippen molar-refractivity contribution in [2.75, 3.05) is 38.5 Å². The molecule has 0 saturated heterocycles. The lowest BCUT2D eigenvalue weighted by Crippen LogP contribution is -2.35. The summed E-state index contributed by atoms with van der Waals surface area (Å²) in [6.07, 6.45) is 3.25. The first-order valence-electron chi connectivity index (χ1n) is 10.2. The number of hydrogen-bond acceptors (Lipinski definition) is 5. The van der Waals surface area contributed by atoms with E-state index in [2.05, 4.69) is 39.3 Å². The van der Waals surface area contributed by atoms with Crippen LogP contribution in [0.2, 0.25) is 0 Å². The topological polar surface area (TPSA) is 74.6 Å². The van der Waals surface area contributed by atoms with Gasteiger partial charge in [0, 0.05) is 50.0 Å². The third-order valence-electron chi connectivity index (χ3n) is 5.56. The van der Waals surface area contributed by atoms with E-state index in [0.717, 1.165) is 25.2 Å². The molecule has 0 unspecified atom stereocenters. The Labute approximate surface area is 178 Å². The average Bonchev–Trinajstić information content (AvgIpc) is 3.13. The zero-order chi connectivity index (χ0) is 22.1. The van der Waals surface area contributed by atoms with Gasteiger partial charge in [0.1, 0.15) is 5.56 Å². The van der Waals surface area contributed by atoms with E-state index >= 15 is 0 Å². The maximum atomic E-state index is 14.0. The molecule has 4 aromatic rings. The van der Waals surface area contributed by atoms with Crippen LogP contribution in [0.25, 0.3) is 27.6 Å². The number of pyridine rings is 2. The number of rotatable bonds is 7. The van der Waals surface area contributed by atoms with Crippen LogP contribution in [-0.4, -0.2) is 58.4 Å². The number of nitrogens with zero attached hydrogens (tertiary/aromatic N) is 4. The van der Waals surface area contributed by atoms with Gasteiger partial charge in [0.15, 0.2) is 17.3 Å². The van der Waals surface area contributed by atoms with Crippen molar-refractivity contribution in [3.8, 4) is 0 Å². The number of imidazole rings is 1. The molecule has 1 aromatic carbocycles. The van der Waals surface area contributed by atoms with Crippen LogP contribution in [0.5, 0.6) is 0 Å². The standard InChI is InChI=1S/C22H24F2N6O/c1-4-29(5-2)9-8-27-22(31)19-20(25-3)13-12-26-7-6-17(13)30-18-11-15(24)14(23)10-16(18)28-21(19)30/h6-7,10-12,25H,4-5,8-9H2,1-3H3,(H,27,31). The second kappa shape index (κ2) is 8.43.